The van der Waals surface area contributed by atoms with E-state index in [1.807, 2.05) is 4.72 Å². The Kier molecular flexibility index (Phi) is 5.75. The number of anilines is 1. The number of alkyl halides is 3. The number of sulfonamides is 1. The van der Waals surface area contributed by atoms with Gasteiger partial charge < -0.3 is 4.74 Å². The summed E-state index contributed by atoms with van der Waals surface area (Å²) in [6.07, 6.45) is -4.64. The van der Waals surface area contributed by atoms with E-state index in [0.717, 1.165) is 18.2 Å². The molecule has 2 rings (SSSR count). The quantitative estimate of drug-likeness (QED) is 0.731. The monoisotopic (exact) mass is 413 g/mol. The van der Waals surface area contributed by atoms with Crippen LogP contribution in [0.3, 0.4) is 0 Å². The molecule has 10 heteroatoms. The first kappa shape index (κ1) is 19.7. The van der Waals surface area contributed by atoms with Crippen molar-refractivity contribution in [2.45, 2.75) is 18.0 Å². The summed E-state index contributed by atoms with van der Waals surface area (Å²) < 4.78 is 70.9. The van der Waals surface area contributed by atoms with Crippen molar-refractivity contribution in [3.63, 3.8) is 0 Å². The highest BCUT2D eigenvalue weighted by molar-refractivity contribution is 7.92. The topological polar surface area (TPSA) is 55.4 Å². The van der Waals surface area contributed by atoms with Crippen molar-refractivity contribution in [1.82, 2.24) is 0 Å². The lowest BCUT2D eigenvalue weighted by Crippen LogP contribution is -2.16. The molecule has 0 unspecified atom stereocenters. The lowest BCUT2D eigenvalue weighted by Gasteiger charge is -2.15. The number of halogens is 5. The Morgan fingerprint density at radius 1 is 1.12 bits per heavy atom. The van der Waals surface area contributed by atoms with Gasteiger partial charge >= 0.3 is 6.18 Å². The molecule has 25 heavy (non-hydrogen) atoms. The Morgan fingerprint density at radius 3 is 2.40 bits per heavy atom. The van der Waals surface area contributed by atoms with Gasteiger partial charge in [0.05, 0.1) is 22.9 Å². The van der Waals surface area contributed by atoms with E-state index in [0.29, 0.717) is 6.07 Å². The Hall–Kier alpha value is -1.64. The molecule has 0 aliphatic heterocycles. The Labute approximate surface area is 152 Å². The summed E-state index contributed by atoms with van der Waals surface area (Å²) in [6.45, 7) is 1.84. The van der Waals surface area contributed by atoms with Gasteiger partial charge in [-0.3, -0.25) is 4.72 Å². The predicted octanol–water partition coefficient (Wildman–Crippen LogP) is 5.21. The van der Waals surface area contributed by atoms with Gasteiger partial charge in [-0.15, -0.1) is 0 Å². The number of nitrogens with one attached hydrogen (secondary N) is 1. The standard InChI is InChI=1S/C15H12Cl2F3NO3S/c1-2-24-13-6-4-10(16)8-14(13)25(22,23)21-12-7-9(15(18,19)20)3-5-11(12)17/h3-8,21H,2H2,1H3. The molecule has 0 saturated carbocycles. The molecule has 136 valence electrons. The first-order valence-electron chi connectivity index (χ1n) is 6.86. The predicted molar refractivity (Wildman–Crippen MR) is 89.9 cm³/mol. The van der Waals surface area contributed by atoms with Crippen LogP contribution in [0.4, 0.5) is 18.9 Å². The zero-order valence-corrected chi connectivity index (χ0v) is 15.0. The van der Waals surface area contributed by atoms with Crippen molar-refractivity contribution in [2.24, 2.45) is 0 Å². The molecule has 2 aromatic rings. The smallest absolute Gasteiger partial charge is 0.416 e. The van der Waals surface area contributed by atoms with Crippen LogP contribution in [0.25, 0.3) is 0 Å². The highest BCUT2D eigenvalue weighted by atomic mass is 35.5. The summed E-state index contributed by atoms with van der Waals surface area (Å²) in [5, 5.41) is -0.0597. The van der Waals surface area contributed by atoms with Crippen LogP contribution in [-0.2, 0) is 16.2 Å². The second-order valence-corrected chi connectivity index (χ2v) is 7.32. The Balaban J connectivity index is 2.48. The van der Waals surface area contributed by atoms with Gasteiger partial charge in [-0.1, -0.05) is 23.2 Å². The minimum absolute atomic E-state index is 0.0162. The minimum Gasteiger partial charge on any atom is -0.492 e. The first-order valence-corrected chi connectivity index (χ1v) is 9.10. The summed E-state index contributed by atoms with van der Waals surface area (Å²) in [5.74, 6) is 0.0162. The lowest BCUT2D eigenvalue weighted by molar-refractivity contribution is -0.137. The van der Waals surface area contributed by atoms with Crippen molar-refractivity contribution in [1.29, 1.82) is 0 Å². The van der Waals surface area contributed by atoms with E-state index in [1.54, 1.807) is 6.92 Å². The van der Waals surface area contributed by atoms with Gasteiger partial charge in [0.1, 0.15) is 10.6 Å². The van der Waals surface area contributed by atoms with Crippen LogP contribution in [0, 0.1) is 0 Å². The van der Waals surface area contributed by atoms with Crippen LogP contribution in [0.1, 0.15) is 12.5 Å². The molecule has 0 aromatic heterocycles. The fourth-order valence-corrected chi connectivity index (χ4v) is 3.65. The van der Waals surface area contributed by atoms with E-state index in [-0.39, 0.29) is 27.3 Å². The van der Waals surface area contributed by atoms with Crippen LogP contribution in [0.5, 0.6) is 5.75 Å². The van der Waals surface area contributed by atoms with E-state index in [1.165, 1.54) is 12.1 Å². The third kappa shape index (κ3) is 4.71. The van der Waals surface area contributed by atoms with Crippen LogP contribution < -0.4 is 9.46 Å². The largest absolute Gasteiger partial charge is 0.492 e. The maximum atomic E-state index is 12.8. The zero-order chi connectivity index (χ0) is 18.8. The third-order valence-electron chi connectivity index (χ3n) is 3.03. The number of rotatable bonds is 5. The van der Waals surface area contributed by atoms with Crippen LogP contribution in [0.15, 0.2) is 41.3 Å². The van der Waals surface area contributed by atoms with Crippen molar-refractivity contribution in [3.8, 4) is 5.75 Å². The summed E-state index contributed by atoms with van der Waals surface area (Å²) >= 11 is 11.6. The molecule has 0 fully saturated rings. The van der Waals surface area contributed by atoms with Crippen LogP contribution in [0.2, 0.25) is 10.0 Å². The molecule has 1 N–H and O–H groups in total. The summed E-state index contributed by atoms with van der Waals surface area (Å²) in [5.41, 5.74) is -1.44. The summed E-state index contributed by atoms with van der Waals surface area (Å²) in [4.78, 5) is -0.310. The zero-order valence-electron chi connectivity index (χ0n) is 12.7. The Bertz CT molecular complexity index is 886. The van der Waals surface area contributed by atoms with E-state index in [4.69, 9.17) is 27.9 Å². The first-order chi connectivity index (χ1) is 11.5. The number of benzene rings is 2. The second-order valence-electron chi connectivity index (χ2n) is 4.82. The van der Waals surface area contributed by atoms with Crippen molar-refractivity contribution in [3.05, 3.63) is 52.0 Å². The van der Waals surface area contributed by atoms with Crippen LogP contribution in [-0.4, -0.2) is 15.0 Å². The molecule has 0 atom stereocenters. The maximum absolute atomic E-state index is 12.8. The SMILES string of the molecule is CCOc1ccc(Cl)cc1S(=O)(=O)Nc1cc(C(F)(F)F)ccc1Cl. The van der Waals surface area contributed by atoms with Crippen molar-refractivity contribution >= 4 is 38.9 Å². The molecule has 0 amide bonds. The number of ether oxygens (including phenoxy) is 1. The van der Waals surface area contributed by atoms with Gasteiger partial charge in [-0.05, 0) is 43.3 Å². The van der Waals surface area contributed by atoms with Gasteiger partial charge in [-0.2, -0.15) is 13.2 Å². The molecule has 0 bridgehead atoms. The fraction of sp³-hybridized carbons (Fsp3) is 0.200. The molecule has 0 radical (unpaired) electrons. The summed E-state index contributed by atoms with van der Waals surface area (Å²) in [7, 11) is -4.28. The van der Waals surface area contributed by atoms with Gasteiger partial charge in [0.2, 0.25) is 0 Å². The van der Waals surface area contributed by atoms with E-state index in [9.17, 15) is 21.6 Å². The molecule has 2 aromatic carbocycles. The third-order valence-corrected chi connectivity index (χ3v) is 4.98. The fourth-order valence-electron chi connectivity index (χ4n) is 1.95. The minimum atomic E-state index is -4.64. The molecule has 0 spiro atoms. The van der Waals surface area contributed by atoms with Gasteiger partial charge in [-0.25, -0.2) is 8.42 Å². The van der Waals surface area contributed by atoms with E-state index in [2.05, 4.69) is 0 Å². The molecular formula is C15H12Cl2F3NO3S. The average Bonchev–Trinajstić information content (AvgIpc) is 2.50. The van der Waals surface area contributed by atoms with E-state index < -0.39 is 27.5 Å². The molecule has 0 aliphatic carbocycles. The lowest BCUT2D eigenvalue weighted by atomic mass is 10.2. The molecule has 0 heterocycles. The molecule has 0 saturated heterocycles. The number of hydrogen-bond donors (Lipinski definition) is 1. The maximum Gasteiger partial charge on any atom is 0.416 e. The Morgan fingerprint density at radius 2 is 1.80 bits per heavy atom. The van der Waals surface area contributed by atoms with Crippen LogP contribution >= 0.6 is 23.2 Å². The molecule has 4 nitrogen and oxygen atoms in total. The number of hydrogen-bond acceptors (Lipinski definition) is 3. The van der Waals surface area contributed by atoms with Gasteiger partial charge in [0.25, 0.3) is 10.0 Å². The highest BCUT2D eigenvalue weighted by Crippen LogP contribution is 2.36. The molecule has 0 aliphatic rings. The van der Waals surface area contributed by atoms with Gasteiger partial charge in [0, 0.05) is 5.02 Å². The molecular weight excluding hydrogens is 402 g/mol. The van der Waals surface area contributed by atoms with E-state index >= 15 is 0 Å². The normalized spacial score (nSPS) is 12.1. The average molecular weight is 414 g/mol. The summed E-state index contributed by atoms with van der Waals surface area (Å²) in [6, 6.07) is 6.26. The van der Waals surface area contributed by atoms with Gasteiger partial charge in [0.15, 0.2) is 0 Å². The van der Waals surface area contributed by atoms with Crippen molar-refractivity contribution < 1.29 is 26.3 Å². The second kappa shape index (κ2) is 7.31. The highest BCUT2D eigenvalue weighted by Gasteiger charge is 2.31. The van der Waals surface area contributed by atoms with Crippen molar-refractivity contribution in [2.75, 3.05) is 11.3 Å².